The van der Waals surface area contributed by atoms with E-state index in [9.17, 15) is 0 Å². The van der Waals surface area contributed by atoms with E-state index in [1.165, 1.54) is 29.8 Å². The van der Waals surface area contributed by atoms with E-state index in [0.717, 1.165) is 18.8 Å². The Morgan fingerprint density at radius 1 is 1.33 bits per heavy atom. The van der Waals surface area contributed by atoms with Crippen molar-refractivity contribution >= 4 is 0 Å². The molecule has 1 N–H and O–H groups in total. The highest BCUT2D eigenvalue weighted by atomic mass is 15.3. The zero-order valence-electron chi connectivity index (χ0n) is 13.4. The van der Waals surface area contributed by atoms with E-state index in [1.807, 2.05) is 12.5 Å². The van der Waals surface area contributed by atoms with Gasteiger partial charge in [-0.2, -0.15) is 5.10 Å². The fourth-order valence-electron chi connectivity index (χ4n) is 2.74. The molecule has 0 saturated heterocycles. The average molecular weight is 287 g/mol. The van der Waals surface area contributed by atoms with Crippen molar-refractivity contribution in [2.24, 2.45) is 0 Å². The Bertz CT molecular complexity index is 619. The smallest absolute Gasteiger partial charge is 0.0951 e. The number of nitrogens with one attached hydrogen (secondary N) is 1. The fraction of sp³-hybridized carbons (Fsp3) is 0.625. The minimum atomic E-state index is 0.489. The highest BCUT2D eigenvalue weighted by Crippen LogP contribution is 2.35. The molecule has 2 aromatic rings. The van der Waals surface area contributed by atoms with Crippen LogP contribution in [0.5, 0.6) is 0 Å². The van der Waals surface area contributed by atoms with Crippen LogP contribution in [-0.4, -0.2) is 25.4 Å². The summed E-state index contributed by atoms with van der Waals surface area (Å²) in [5, 5.41) is 8.20. The van der Waals surface area contributed by atoms with Crippen molar-refractivity contribution in [3.63, 3.8) is 0 Å². The minimum absolute atomic E-state index is 0.489. The molecule has 0 amide bonds. The van der Waals surface area contributed by atoms with Crippen LogP contribution in [0.25, 0.3) is 0 Å². The van der Waals surface area contributed by atoms with Gasteiger partial charge in [0.1, 0.15) is 0 Å². The Morgan fingerprint density at radius 3 is 2.76 bits per heavy atom. The van der Waals surface area contributed by atoms with Crippen molar-refractivity contribution in [3.8, 4) is 0 Å². The number of aryl methyl sites for hydroxylation is 1. The van der Waals surface area contributed by atoms with Crippen LogP contribution in [0.4, 0.5) is 0 Å². The van der Waals surface area contributed by atoms with Gasteiger partial charge in [-0.05, 0) is 26.7 Å². The molecule has 1 saturated carbocycles. The summed E-state index contributed by atoms with van der Waals surface area (Å²) in [5.41, 5.74) is 4.95. The van der Waals surface area contributed by atoms with E-state index >= 15 is 0 Å². The molecule has 0 spiro atoms. The van der Waals surface area contributed by atoms with Crippen molar-refractivity contribution < 1.29 is 0 Å². The first-order chi connectivity index (χ1) is 10.1. The molecule has 1 aliphatic rings. The van der Waals surface area contributed by atoms with E-state index in [1.54, 1.807) is 0 Å². The Balaban J connectivity index is 1.79. The molecule has 0 bridgehead atoms. The molecule has 0 aromatic carbocycles. The monoisotopic (exact) mass is 287 g/mol. The maximum absolute atomic E-state index is 4.72. The van der Waals surface area contributed by atoms with E-state index in [2.05, 4.69) is 47.2 Å². The minimum Gasteiger partial charge on any atom is -0.330 e. The summed E-state index contributed by atoms with van der Waals surface area (Å²) >= 11 is 0. The van der Waals surface area contributed by atoms with Crippen LogP contribution in [0.15, 0.2) is 12.5 Å². The summed E-state index contributed by atoms with van der Waals surface area (Å²) in [6, 6.07) is 1.16. The standard InChI is InChI=1S/C16H25N5/c1-11(2)18-8-16-12(3)19-21(13(16)4)9-15-7-17-10-20(15)14-5-6-14/h7,10-11,14,18H,5-6,8-9H2,1-4H3. The molecule has 5 nitrogen and oxygen atoms in total. The second kappa shape index (κ2) is 5.64. The Labute approximate surface area is 126 Å². The van der Waals surface area contributed by atoms with Gasteiger partial charge < -0.3 is 9.88 Å². The molecule has 0 aliphatic heterocycles. The van der Waals surface area contributed by atoms with Crippen LogP contribution in [0.1, 0.15) is 55.4 Å². The van der Waals surface area contributed by atoms with Gasteiger partial charge in [-0.3, -0.25) is 4.68 Å². The first-order valence-electron chi connectivity index (χ1n) is 7.83. The predicted octanol–water partition coefficient (Wildman–Crippen LogP) is 2.58. The molecule has 3 rings (SSSR count). The summed E-state index contributed by atoms with van der Waals surface area (Å²) in [6.45, 7) is 10.3. The third kappa shape index (κ3) is 3.02. The first-order valence-corrected chi connectivity index (χ1v) is 7.83. The Morgan fingerprint density at radius 2 is 2.10 bits per heavy atom. The van der Waals surface area contributed by atoms with E-state index < -0.39 is 0 Å². The van der Waals surface area contributed by atoms with Gasteiger partial charge in [0.05, 0.1) is 30.5 Å². The van der Waals surface area contributed by atoms with Crippen molar-refractivity contribution in [1.82, 2.24) is 24.6 Å². The zero-order chi connectivity index (χ0) is 15.0. The van der Waals surface area contributed by atoms with Gasteiger partial charge in [0.15, 0.2) is 0 Å². The fourth-order valence-corrected chi connectivity index (χ4v) is 2.74. The lowest BCUT2D eigenvalue weighted by Gasteiger charge is -2.10. The molecule has 0 atom stereocenters. The molecule has 5 heteroatoms. The highest BCUT2D eigenvalue weighted by molar-refractivity contribution is 5.25. The van der Waals surface area contributed by atoms with Gasteiger partial charge >= 0.3 is 0 Å². The largest absolute Gasteiger partial charge is 0.330 e. The summed E-state index contributed by atoms with van der Waals surface area (Å²) in [5.74, 6) is 0. The number of aromatic nitrogens is 4. The molecule has 21 heavy (non-hydrogen) atoms. The predicted molar refractivity (Wildman–Crippen MR) is 83.3 cm³/mol. The number of nitrogens with zero attached hydrogens (tertiary/aromatic N) is 4. The van der Waals surface area contributed by atoms with Crippen molar-refractivity contribution in [2.75, 3.05) is 0 Å². The maximum atomic E-state index is 4.72. The summed E-state index contributed by atoms with van der Waals surface area (Å²) in [7, 11) is 0. The van der Waals surface area contributed by atoms with Gasteiger partial charge in [-0.25, -0.2) is 4.98 Å². The molecule has 1 aliphatic carbocycles. The van der Waals surface area contributed by atoms with Crippen molar-refractivity contribution in [2.45, 2.75) is 65.7 Å². The quantitative estimate of drug-likeness (QED) is 0.888. The molecule has 1 fully saturated rings. The second-order valence-electron chi connectivity index (χ2n) is 6.37. The average Bonchev–Trinajstić information content (AvgIpc) is 3.11. The van der Waals surface area contributed by atoms with Crippen molar-refractivity contribution in [1.29, 1.82) is 0 Å². The maximum Gasteiger partial charge on any atom is 0.0951 e. The van der Waals surface area contributed by atoms with E-state index in [0.29, 0.717) is 12.1 Å². The van der Waals surface area contributed by atoms with Crippen LogP contribution in [0, 0.1) is 13.8 Å². The second-order valence-corrected chi connectivity index (χ2v) is 6.37. The van der Waals surface area contributed by atoms with Gasteiger partial charge in [0, 0.05) is 29.9 Å². The molecule has 0 unspecified atom stereocenters. The van der Waals surface area contributed by atoms with Gasteiger partial charge in [0.25, 0.3) is 0 Å². The molecule has 0 radical (unpaired) electrons. The molecule has 2 aromatic heterocycles. The van der Waals surface area contributed by atoms with Gasteiger partial charge in [0.2, 0.25) is 0 Å². The van der Waals surface area contributed by atoms with Crippen LogP contribution in [-0.2, 0) is 13.1 Å². The lowest BCUT2D eigenvalue weighted by atomic mass is 10.2. The summed E-state index contributed by atoms with van der Waals surface area (Å²) in [4.78, 5) is 4.31. The lowest BCUT2D eigenvalue weighted by molar-refractivity contribution is 0.581. The first kappa shape index (κ1) is 14.3. The summed E-state index contributed by atoms with van der Waals surface area (Å²) < 4.78 is 4.42. The van der Waals surface area contributed by atoms with Crippen LogP contribution in [0.3, 0.4) is 0 Å². The van der Waals surface area contributed by atoms with Crippen molar-refractivity contribution in [3.05, 3.63) is 35.2 Å². The van der Waals surface area contributed by atoms with E-state index in [-0.39, 0.29) is 0 Å². The third-order valence-corrected chi connectivity index (χ3v) is 4.22. The van der Waals surface area contributed by atoms with Gasteiger partial charge in [-0.15, -0.1) is 0 Å². The van der Waals surface area contributed by atoms with Crippen LogP contribution in [0.2, 0.25) is 0 Å². The summed E-state index contributed by atoms with van der Waals surface area (Å²) in [6.07, 6.45) is 6.49. The number of hydrogen-bond donors (Lipinski definition) is 1. The Hall–Kier alpha value is -1.62. The third-order valence-electron chi connectivity index (χ3n) is 4.22. The number of hydrogen-bond acceptors (Lipinski definition) is 3. The zero-order valence-corrected chi connectivity index (χ0v) is 13.4. The number of imidazole rings is 1. The topological polar surface area (TPSA) is 47.7 Å². The lowest BCUT2D eigenvalue weighted by Crippen LogP contribution is -2.22. The SMILES string of the molecule is Cc1nn(Cc2cncn2C2CC2)c(C)c1CNC(C)C. The normalized spacial score (nSPS) is 15.1. The molecular weight excluding hydrogens is 262 g/mol. The Kier molecular flexibility index (Phi) is 3.85. The van der Waals surface area contributed by atoms with Crippen LogP contribution >= 0.6 is 0 Å². The van der Waals surface area contributed by atoms with E-state index in [4.69, 9.17) is 5.10 Å². The molecule has 114 valence electrons. The van der Waals surface area contributed by atoms with Crippen LogP contribution < -0.4 is 5.32 Å². The number of rotatable bonds is 6. The van der Waals surface area contributed by atoms with Gasteiger partial charge in [-0.1, -0.05) is 13.8 Å². The molecule has 2 heterocycles. The highest BCUT2D eigenvalue weighted by Gasteiger charge is 2.25. The molecular formula is C16H25N5.